The molecular weight excluding hydrogens is 330 g/mol. The zero-order valence-electron chi connectivity index (χ0n) is 16.2. The van der Waals surface area contributed by atoms with Crippen LogP contribution in [-0.2, 0) is 11.3 Å². The van der Waals surface area contributed by atoms with Crippen LogP contribution in [0.25, 0.3) is 0 Å². The number of nitrogens with zero attached hydrogens (tertiary/aromatic N) is 1. The minimum atomic E-state index is 0.0215. The van der Waals surface area contributed by atoms with Crippen molar-refractivity contribution in [2.75, 3.05) is 27.9 Å². The lowest BCUT2D eigenvalue weighted by molar-refractivity contribution is -0.130. The molecule has 0 saturated carbocycles. The summed E-state index contributed by atoms with van der Waals surface area (Å²) in [6, 6.07) is 11.5. The van der Waals surface area contributed by atoms with Gasteiger partial charge in [0.2, 0.25) is 5.91 Å². The molecule has 0 aliphatic heterocycles. The molecule has 0 unspecified atom stereocenters. The molecule has 2 aromatic rings. The predicted octanol–water partition coefficient (Wildman–Crippen LogP) is 3.75. The molecule has 1 amide bonds. The number of benzene rings is 2. The number of carbonyl (C=O) groups is 1. The van der Waals surface area contributed by atoms with Crippen molar-refractivity contribution in [3.63, 3.8) is 0 Å². The largest absolute Gasteiger partial charge is 0.497 e. The van der Waals surface area contributed by atoms with Gasteiger partial charge in [-0.1, -0.05) is 12.1 Å². The average Bonchev–Trinajstić information content (AvgIpc) is 2.65. The maximum absolute atomic E-state index is 12.4. The molecule has 0 bridgehead atoms. The summed E-state index contributed by atoms with van der Waals surface area (Å²) in [5.74, 6) is 2.28. The molecule has 0 heterocycles. The molecule has 0 saturated heterocycles. The van der Waals surface area contributed by atoms with E-state index in [2.05, 4.69) is 0 Å². The number of hydrogen-bond acceptors (Lipinski definition) is 4. The van der Waals surface area contributed by atoms with Gasteiger partial charge in [0, 0.05) is 25.2 Å². The average molecular weight is 357 g/mol. The van der Waals surface area contributed by atoms with Gasteiger partial charge in [-0.2, -0.15) is 0 Å². The van der Waals surface area contributed by atoms with Gasteiger partial charge in [-0.05, 0) is 43.2 Å². The van der Waals surface area contributed by atoms with E-state index >= 15 is 0 Å². The van der Waals surface area contributed by atoms with E-state index in [9.17, 15) is 4.79 Å². The molecule has 0 aromatic heterocycles. The summed E-state index contributed by atoms with van der Waals surface area (Å²) in [6.07, 6.45) is 0.322. The maximum atomic E-state index is 12.4. The van der Waals surface area contributed by atoms with E-state index in [-0.39, 0.29) is 5.91 Å². The van der Waals surface area contributed by atoms with E-state index in [0.717, 1.165) is 22.6 Å². The van der Waals surface area contributed by atoms with Gasteiger partial charge >= 0.3 is 0 Å². The second-order valence-electron chi connectivity index (χ2n) is 6.22. The fraction of sp³-hybridized carbons (Fsp3) is 0.381. The van der Waals surface area contributed by atoms with Crippen LogP contribution in [0.2, 0.25) is 0 Å². The highest BCUT2D eigenvalue weighted by Crippen LogP contribution is 2.25. The molecule has 140 valence electrons. The van der Waals surface area contributed by atoms with E-state index < -0.39 is 0 Å². The van der Waals surface area contributed by atoms with Crippen LogP contribution in [0.3, 0.4) is 0 Å². The molecule has 0 aliphatic carbocycles. The molecular formula is C21H27NO4. The number of carbonyl (C=O) groups excluding carboxylic acids is 1. The molecule has 5 nitrogen and oxygen atoms in total. The van der Waals surface area contributed by atoms with Crippen LogP contribution in [0.15, 0.2) is 36.4 Å². The number of rotatable bonds is 8. The zero-order chi connectivity index (χ0) is 19.1. The quantitative estimate of drug-likeness (QED) is 0.722. The highest BCUT2D eigenvalue weighted by molar-refractivity contribution is 5.76. The van der Waals surface area contributed by atoms with Crippen molar-refractivity contribution in [2.24, 2.45) is 0 Å². The Morgan fingerprint density at radius 3 is 2.50 bits per heavy atom. The van der Waals surface area contributed by atoms with Gasteiger partial charge in [0.1, 0.15) is 17.2 Å². The molecule has 0 fully saturated rings. The first-order valence-electron chi connectivity index (χ1n) is 8.60. The Morgan fingerprint density at radius 2 is 1.81 bits per heavy atom. The Hall–Kier alpha value is -2.69. The van der Waals surface area contributed by atoms with Crippen LogP contribution in [0.4, 0.5) is 0 Å². The Balaban J connectivity index is 1.90. The minimum absolute atomic E-state index is 0.0215. The molecule has 0 aliphatic rings. The lowest BCUT2D eigenvalue weighted by Crippen LogP contribution is -2.27. The molecule has 26 heavy (non-hydrogen) atoms. The number of hydrogen-bond donors (Lipinski definition) is 0. The van der Waals surface area contributed by atoms with Gasteiger partial charge in [0.15, 0.2) is 0 Å². The number of ether oxygens (including phenoxy) is 3. The first-order chi connectivity index (χ1) is 12.5. The third kappa shape index (κ3) is 4.91. The SMILES string of the molecule is COc1ccc(CN(C)C(=O)CCOc2cccc(C)c2C)c(OC)c1. The van der Waals surface area contributed by atoms with E-state index in [1.54, 1.807) is 26.2 Å². The van der Waals surface area contributed by atoms with Gasteiger partial charge < -0.3 is 19.1 Å². The Labute approximate surface area is 155 Å². The molecule has 0 N–H and O–H groups in total. The Kier molecular flexibility index (Phi) is 6.89. The number of aryl methyl sites for hydroxylation is 1. The summed E-state index contributed by atoms with van der Waals surface area (Å²) in [4.78, 5) is 14.1. The van der Waals surface area contributed by atoms with Crippen molar-refractivity contribution in [1.82, 2.24) is 4.90 Å². The van der Waals surface area contributed by atoms with Gasteiger partial charge in [-0.3, -0.25) is 4.79 Å². The minimum Gasteiger partial charge on any atom is -0.497 e. The van der Waals surface area contributed by atoms with E-state index in [0.29, 0.717) is 25.3 Å². The Morgan fingerprint density at radius 1 is 1.04 bits per heavy atom. The van der Waals surface area contributed by atoms with Crippen molar-refractivity contribution < 1.29 is 19.0 Å². The van der Waals surface area contributed by atoms with E-state index in [1.165, 1.54) is 5.56 Å². The molecule has 2 aromatic carbocycles. The second-order valence-corrected chi connectivity index (χ2v) is 6.22. The first kappa shape index (κ1) is 19.6. The summed E-state index contributed by atoms with van der Waals surface area (Å²) in [5, 5.41) is 0. The third-order valence-electron chi connectivity index (χ3n) is 4.46. The molecule has 5 heteroatoms. The summed E-state index contributed by atoms with van der Waals surface area (Å²) in [5.41, 5.74) is 3.22. The summed E-state index contributed by atoms with van der Waals surface area (Å²) < 4.78 is 16.4. The predicted molar refractivity (Wildman–Crippen MR) is 102 cm³/mol. The number of methoxy groups -OCH3 is 2. The topological polar surface area (TPSA) is 48.0 Å². The fourth-order valence-corrected chi connectivity index (χ4v) is 2.65. The van der Waals surface area contributed by atoms with Crippen LogP contribution in [0.1, 0.15) is 23.1 Å². The molecule has 2 rings (SSSR count). The molecule has 0 spiro atoms. The van der Waals surface area contributed by atoms with Gasteiger partial charge in [-0.15, -0.1) is 0 Å². The standard InChI is InChI=1S/C21H27NO4/c1-15-7-6-8-19(16(15)2)26-12-11-21(23)22(3)14-17-9-10-18(24-4)13-20(17)25-5/h6-10,13H,11-12,14H2,1-5H3. The number of amides is 1. The smallest absolute Gasteiger partial charge is 0.226 e. The highest BCUT2D eigenvalue weighted by atomic mass is 16.5. The van der Waals surface area contributed by atoms with E-state index in [1.807, 2.05) is 50.2 Å². The normalized spacial score (nSPS) is 10.3. The Bertz CT molecular complexity index is 758. The highest BCUT2D eigenvalue weighted by Gasteiger charge is 2.13. The first-order valence-corrected chi connectivity index (χ1v) is 8.60. The van der Waals surface area contributed by atoms with Crippen LogP contribution < -0.4 is 14.2 Å². The van der Waals surface area contributed by atoms with Crippen LogP contribution in [0.5, 0.6) is 17.2 Å². The van der Waals surface area contributed by atoms with Gasteiger partial charge in [-0.25, -0.2) is 0 Å². The van der Waals surface area contributed by atoms with E-state index in [4.69, 9.17) is 14.2 Å². The maximum Gasteiger partial charge on any atom is 0.226 e. The van der Waals surface area contributed by atoms with Crippen molar-refractivity contribution in [3.8, 4) is 17.2 Å². The van der Waals surface area contributed by atoms with Crippen molar-refractivity contribution >= 4 is 5.91 Å². The monoisotopic (exact) mass is 357 g/mol. The van der Waals surface area contributed by atoms with Gasteiger partial charge in [0.25, 0.3) is 0 Å². The fourth-order valence-electron chi connectivity index (χ4n) is 2.65. The second kappa shape index (κ2) is 9.13. The summed E-state index contributed by atoms with van der Waals surface area (Å²) in [6.45, 7) is 4.89. The van der Waals surface area contributed by atoms with Crippen molar-refractivity contribution in [2.45, 2.75) is 26.8 Å². The van der Waals surface area contributed by atoms with Crippen LogP contribution >= 0.6 is 0 Å². The lowest BCUT2D eigenvalue weighted by Gasteiger charge is -2.19. The van der Waals surface area contributed by atoms with Gasteiger partial charge in [0.05, 0.1) is 27.2 Å². The third-order valence-corrected chi connectivity index (χ3v) is 4.46. The zero-order valence-corrected chi connectivity index (χ0v) is 16.2. The summed E-state index contributed by atoms with van der Waals surface area (Å²) in [7, 11) is 5.00. The molecule has 0 atom stereocenters. The van der Waals surface area contributed by atoms with Crippen LogP contribution in [0, 0.1) is 13.8 Å². The lowest BCUT2D eigenvalue weighted by atomic mass is 10.1. The molecule has 0 radical (unpaired) electrons. The van der Waals surface area contributed by atoms with Crippen molar-refractivity contribution in [1.29, 1.82) is 0 Å². The van der Waals surface area contributed by atoms with Crippen molar-refractivity contribution in [3.05, 3.63) is 53.1 Å². The van der Waals surface area contributed by atoms with Crippen LogP contribution in [-0.4, -0.2) is 38.7 Å². The summed E-state index contributed by atoms with van der Waals surface area (Å²) >= 11 is 0.